The Morgan fingerprint density at radius 1 is 1.47 bits per heavy atom. The van der Waals surface area contributed by atoms with Gasteiger partial charge >= 0.3 is 23.9 Å². The van der Waals surface area contributed by atoms with Crippen LogP contribution in [0.15, 0.2) is 24.3 Å². The number of esters is 3. The van der Waals surface area contributed by atoms with Crippen molar-refractivity contribution in [2.45, 2.75) is 12.9 Å². The molecule has 0 aromatic heterocycles. The van der Waals surface area contributed by atoms with Crippen LogP contribution in [-0.4, -0.2) is 35.6 Å². The van der Waals surface area contributed by atoms with E-state index < -0.39 is 30.5 Å². The number of carbonyl (C=O) groups excluding carboxylic acids is 3. The standard InChI is InChI=1S/C10H10O7/c1-6(2)9(13)17-10(14)5-15-7(11)3-4-8(12)16-10/h3-4,14H,1,5H2,2H3/b4-3-. The molecular weight excluding hydrogens is 232 g/mol. The first-order chi connectivity index (χ1) is 7.82. The minimum atomic E-state index is -2.65. The van der Waals surface area contributed by atoms with Crippen LogP contribution in [0.1, 0.15) is 6.92 Å². The van der Waals surface area contributed by atoms with Crippen LogP contribution in [0.5, 0.6) is 0 Å². The van der Waals surface area contributed by atoms with Crippen LogP contribution >= 0.6 is 0 Å². The van der Waals surface area contributed by atoms with Gasteiger partial charge in [-0.2, -0.15) is 0 Å². The molecule has 0 saturated carbocycles. The summed E-state index contributed by atoms with van der Waals surface area (Å²) in [5, 5.41) is 9.65. The Morgan fingerprint density at radius 3 is 2.65 bits per heavy atom. The van der Waals surface area contributed by atoms with Crippen molar-refractivity contribution in [2.24, 2.45) is 0 Å². The second kappa shape index (κ2) is 4.79. The van der Waals surface area contributed by atoms with Crippen LogP contribution in [0.2, 0.25) is 0 Å². The largest absolute Gasteiger partial charge is 0.451 e. The van der Waals surface area contributed by atoms with E-state index >= 15 is 0 Å². The molecule has 7 nitrogen and oxygen atoms in total. The van der Waals surface area contributed by atoms with Gasteiger partial charge < -0.3 is 19.3 Å². The van der Waals surface area contributed by atoms with E-state index in [-0.39, 0.29) is 5.57 Å². The van der Waals surface area contributed by atoms with Crippen LogP contribution in [0.3, 0.4) is 0 Å². The number of aliphatic hydroxyl groups is 1. The van der Waals surface area contributed by atoms with Crippen molar-refractivity contribution in [1.82, 2.24) is 0 Å². The zero-order valence-corrected chi connectivity index (χ0v) is 8.97. The lowest BCUT2D eigenvalue weighted by Crippen LogP contribution is -2.45. The van der Waals surface area contributed by atoms with E-state index in [2.05, 4.69) is 20.8 Å². The maximum Gasteiger partial charge on any atom is 0.410 e. The Balaban J connectivity index is 2.83. The van der Waals surface area contributed by atoms with Gasteiger partial charge in [-0.05, 0) is 6.92 Å². The van der Waals surface area contributed by atoms with Crippen LogP contribution in [0.25, 0.3) is 0 Å². The van der Waals surface area contributed by atoms with E-state index in [9.17, 15) is 19.5 Å². The highest BCUT2D eigenvalue weighted by Gasteiger charge is 2.39. The van der Waals surface area contributed by atoms with Crippen molar-refractivity contribution in [3.05, 3.63) is 24.3 Å². The maximum absolute atomic E-state index is 11.2. The molecule has 0 aromatic rings. The molecule has 1 N–H and O–H groups in total. The summed E-state index contributed by atoms with van der Waals surface area (Å²) >= 11 is 0. The topological polar surface area (TPSA) is 99.1 Å². The smallest absolute Gasteiger partial charge is 0.410 e. The molecule has 92 valence electrons. The van der Waals surface area contributed by atoms with Gasteiger partial charge in [-0.3, -0.25) is 0 Å². The van der Waals surface area contributed by atoms with Gasteiger partial charge in [-0.1, -0.05) is 6.58 Å². The third-order valence-electron chi connectivity index (χ3n) is 1.61. The lowest BCUT2D eigenvalue weighted by molar-refractivity contribution is -0.335. The van der Waals surface area contributed by atoms with Crippen LogP contribution < -0.4 is 0 Å². The molecule has 0 spiro atoms. The predicted octanol–water partition coefficient (Wildman–Crippen LogP) is -0.592. The van der Waals surface area contributed by atoms with Gasteiger partial charge in [0.1, 0.15) is 0 Å². The van der Waals surface area contributed by atoms with Crippen LogP contribution in [0, 0.1) is 0 Å². The van der Waals surface area contributed by atoms with Crippen molar-refractivity contribution >= 4 is 17.9 Å². The van der Waals surface area contributed by atoms with Gasteiger partial charge in [-0.15, -0.1) is 0 Å². The molecule has 1 atom stereocenters. The van der Waals surface area contributed by atoms with Crippen molar-refractivity contribution in [2.75, 3.05) is 6.61 Å². The molecule has 0 radical (unpaired) electrons. The first-order valence-electron chi connectivity index (χ1n) is 4.51. The summed E-state index contributed by atoms with van der Waals surface area (Å²) in [6.45, 7) is 3.80. The van der Waals surface area contributed by atoms with E-state index in [1.165, 1.54) is 6.92 Å². The molecule has 1 aliphatic rings. The van der Waals surface area contributed by atoms with Crippen LogP contribution in [0.4, 0.5) is 0 Å². The zero-order valence-electron chi connectivity index (χ0n) is 8.97. The minimum absolute atomic E-state index is 0.0154. The number of hydrogen-bond acceptors (Lipinski definition) is 7. The Morgan fingerprint density at radius 2 is 2.06 bits per heavy atom. The molecule has 1 heterocycles. The highest BCUT2D eigenvalue weighted by molar-refractivity contribution is 5.92. The molecule has 1 rings (SSSR count). The third kappa shape index (κ3) is 3.72. The number of carbonyl (C=O) groups is 3. The van der Waals surface area contributed by atoms with E-state index in [0.29, 0.717) is 0 Å². The average Bonchev–Trinajstić information content (AvgIpc) is 2.22. The second-order valence-corrected chi connectivity index (χ2v) is 3.24. The fourth-order valence-corrected chi connectivity index (χ4v) is 0.849. The highest BCUT2D eigenvalue weighted by Crippen LogP contribution is 2.15. The lowest BCUT2D eigenvalue weighted by Gasteiger charge is -2.26. The molecule has 0 bridgehead atoms. The molecular formula is C10H10O7. The van der Waals surface area contributed by atoms with Gasteiger partial charge in [0.25, 0.3) is 0 Å². The van der Waals surface area contributed by atoms with E-state index in [4.69, 9.17) is 0 Å². The molecule has 7 heteroatoms. The third-order valence-corrected chi connectivity index (χ3v) is 1.61. The molecule has 1 aliphatic heterocycles. The molecule has 1 unspecified atom stereocenters. The van der Waals surface area contributed by atoms with Crippen molar-refractivity contribution in [3.63, 3.8) is 0 Å². The maximum atomic E-state index is 11.2. The summed E-state index contributed by atoms with van der Waals surface area (Å²) in [4.78, 5) is 33.1. The molecule has 0 aromatic carbocycles. The summed E-state index contributed by atoms with van der Waals surface area (Å²) in [5.74, 6) is -5.54. The molecule has 0 saturated heterocycles. The summed E-state index contributed by atoms with van der Waals surface area (Å²) in [6, 6.07) is 0. The zero-order chi connectivity index (χ0) is 13.1. The van der Waals surface area contributed by atoms with Crippen molar-refractivity contribution in [3.8, 4) is 0 Å². The Bertz CT molecular complexity index is 409. The number of hydrogen-bond donors (Lipinski definition) is 1. The van der Waals surface area contributed by atoms with Gasteiger partial charge in [-0.25, -0.2) is 14.4 Å². The minimum Gasteiger partial charge on any atom is -0.451 e. The Labute approximate surface area is 96.3 Å². The van der Waals surface area contributed by atoms with Gasteiger partial charge in [0, 0.05) is 17.7 Å². The van der Waals surface area contributed by atoms with Gasteiger partial charge in [0.15, 0.2) is 6.61 Å². The molecule has 0 fully saturated rings. The normalized spacial score (nSPS) is 26.0. The second-order valence-electron chi connectivity index (χ2n) is 3.24. The first kappa shape index (κ1) is 12.9. The first-order valence-corrected chi connectivity index (χ1v) is 4.51. The number of ether oxygens (including phenoxy) is 3. The fraction of sp³-hybridized carbons (Fsp3) is 0.300. The molecule has 0 amide bonds. The monoisotopic (exact) mass is 242 g/mol. The van der Waals surface area contributed by atoms with E-state index in [0.717, 1.165) is 12.2 Å². The average molecular weight is 242 g/mol. The Hall–Kier alpha value is -2.15. The number of cyclic esters (lactones) is 2. The SMILES string of the molecule is C=C(C)C(=O)OC1(O)COC(=O)/C=C\C(=O)O1. The summed E-state index contributed by atoms with van der Waals surface area (Å²) in [7, 11) is 0. The summed E-state index contributed by atoms with van der Waals surface area (Å²) < 4.78 is 13.3. The van der Waals surface area contributed by atoms with Gasteiger partial charge in [0.2, 0.25) is 0 Å². The van der Waals surface area contributed by atoms with Crippen molar-refractivity contribution in [1.29, 1.82) is 0 Å². The summed E-state index contributed by atoms with van der Waals surface area (Å²) in [6.07, 6.45) is 1.56. The van der Waals surface area contributed by atoms with E-state index in [1.54, 1.807) is 0 Å². The van der Waals surface area contributed by atoms with Gasteiger partial charge in [0.05, 0.1) is 0 Å². The Kier molecular flexibility index (Phi) is 3.64. The van der Waals surface area contributed by atoms with Crippen LogP contribution in [-0.2, 0) is 28.6 Å². The number of rotatable bonds is 2. The lowest BCUT2D eigenvalue weighted by atomic mass is 10.3. The van der Waals surface area contributed by atoms with E-state index in [1.807, 2.05) is 0 Å². The molecule has 0 aliphatic carbocycles. The highest BCUT2D eigenvalue weighted by atomic mass is 16.9. The van der Waals surface area contributed by atoms with Crippen molar-refractivity contribution < 1.29 is 33.7 Å². The predicted molar refractivity (Wildman–Crippen MR) is 52.0 cm³/mol. The fourth-order valence-electron chi connectivity index (χ4n) is 0.849. The summed E-state index contributed by atoms with van der Waals surface area (Å²) in [5.41, 5.74) is -0.0154. The quantitative estimate of drug-likeness (QED) is 0.392. The molecule has 17 heavy (non-hydrogen) atoms.